The maximum Gasteiger partial charge on any atom is 0.272 e. The van der Waals surface area contributed by atoms with Crippen LogP contribution in [0.5, 0.6) is 0 Å². The lowest BCUT2D eigenvalue weighted by molar-refractivity contribution is 0.0676. The summed E-state index contributed by atoms with van der Waals surface area (Å²) < 4.78 is 12.8. The van der Waals surface area contributed by atoms with Gasteiger partial charge in [-0.15, -0.1) is 10.3 Å². The van der Waals surface area contributed by atoms with E-state index in [2.05, 4.69) is 16.0 Å². The average Bonchev–Trinajstić information content (AvgIpc) is 2.30. The van der Waals surface area contributed by atoms with Gasteiger partial charge >= 0.3 is 0 Å². The lowest BCUT2D eigenvalue weighted by atomic mass is 10.2. The van der Waals surface area contributed by atoms with E-state index in [0.29, 0.717) is 5.56 Å². The van der Waals surface area contributed by atoms with E-state index in [0.717, 1.165) is 11.3 Å². The minimum absolute atomic E-state index is 0.375. The number of hydrogen-bond acceptors (Lipinski definition) is 4. The van der Waals surface area contributed by atoms with Crippen LogP contribution in [0.15, 0.2) is 47.5 Å². The highest BCUT2D eigenvalue weighted by atomic mass is 19.1. The number of benzene rings is 1. The molecule has 0 aliphatic carbocycles. The number of allylic oxidation sites excluding steroid dienone is 1. The molecule has 2 rings (SSSR count). The first-order valence-electron chi connectivity index (χ1n) is 4.58. The Balaban J connectivity index is 1.99. The maximum atomic E-state index is 12.8. The summed E-state index contributed by atoms with van der Waals surface area (Å²) in [4.78, 5) is 11.6. The van der Waals surface area contributed by atoms with E-state index >= 15 is 0 Å². The molecule has 0 saturated carbocycles. The maximum absolute atomic E-state index is 12.8. The molecule has 1 heterocycles. The number of nitrogens with one attached hydrogen (secondary N) is 2. The predicted octanol–water partition coefficient (Wildman–Crippen LogP) is 0.948. The standard InChI is InChI=1S/C10H9FN4O/c11-9-6-7-12-15(13-9)14-10(16)8-4-2-1-3-5-8/h1-7,13H,(H,14,16). The lowest BCUT2D eigenvalue weighted by Crippen LogP contribution is -2.47. The average molecular weight is 220 g/mol. The SMILES string of the molecule is O=C(NN1N=CC=C(F)N1)c1ccccc1. The number of carbonyl (C=O) groups excluding carboxylic acids is 1. The Hall–Kier alpha value is -2.37. The van der Waals surface area contributed by atoms with Gasteiger partial charge in [0.1, 0.15) is 0 Å². The summed E-state index contributed by atoms with van der Waals surface area (Å²) in [6, 6.07) is 8.57. The number of hydrazone groups is 1. The first kappa shape index (κ1) is 10.2. The molecule has 2 N–H and O–H groups in total. The van der Waals surface area contributed by atoms with Gasteiger partial charge in [0.25, 0.3) is 5.91 Å². The fraction of sp³-hybridized carbons (Fsp3) is 0. The second-order valence-electron chi connectivity index (χ2n) is 3.01. The largest absolute Gasteiger partial charge is 0.272 e. The summed E-state index contributed by atoms with van der Waals surface area (Å²) in [7, 11) is 0. The number of hydrogen-bond donors (Lipinski definition) is 2. The van der Waals surface area contributed by atoms with Crippen LogP contribution in [0, 0.1) is 0 Å². The Labute approximate surface area is 91.2 Å². The molecule has 0 atom stereocenters. The molecule has 0 bridgehead atoms. The number of halogens is 1. The van der Waals surface area contributed by atoms with E-state index in [1.807, 2.05) is 0 Å². The third-order valence-electron chi connectivity index (χ3n) is 1.86. The van der Waals surface area contributed by atoms with Crippen LogP contribution in [0.3, 0.4) is 0 Å². The van der Waals surface area contributed by atoms with E-state index < -0.39 is 5.95 Å². The summed E-state index contributed by atoms with van der Waals surface area (Å²) >= 11 is 0. The van der Waals surface area contributed by atoms with Crippen molar-refractivity contribution in [3.63, 3.8) is 0 Å². The highest BCUT2D eigenvalue weighted by Crippen LogP contribution is 2.00. The smallest absolute Gasteiger partial charge is 0.267 e. The van der Waals surface area contributed by atoms with Gasteiger partial charge in [0.2, 0.25) is 5.95 Å². The molecule has 82 valence electrons. The van der Waals surface area contributed by atoms with Crippen molar-refractivity contribution in [1.82, 2.24) is 16.1 Å². The molecule has 5 nitrogen and oxygen atoms in total. The van der Waals surface area contributed by atoms with Gasteiger partial charge in [0.15, 0.2) is 0 Å². The van der Waals surface area contributed by atoms with E-state index in [-0.39, 0.29) is 5.91 Å². The monoisotopic (exact) mass is 220 g/mol. The van der Waals surface area contributed by atoms with Gasteiger partial charge < -0.3 is 0 Å². The van der Waals surface area contributed by atoms with Crippen molar-refractivity contribution in [2.24, 2.45) is 5.10 Å². The number of carbonyl (C=O) groups is 1. The summed E-state index contributed by atoms with van der Waals surface area (Å²) in [6.45, 7) is 0. The highest BCUT2D eigenvalue weighted by molar-refractivity contribution is 5.93. The molecule has 0 unspecified atom stereocenters. The molecular weight excluding hydrogens is 211 g/mol. The Morgan fingerprint density at radius 1 is 1.38 bits per heavy atom. The van der Waals surface area contributed by atoms with Crippen LogP contribution in [0.1, 0.15) is 10.4 Å². The molecule has 1 aromatic rings. The topological polar surface area (TPSA) is 56.7 Å². The summed E-state index contributed by atoms with van der Waals surface area (Å²) in [5.41, 5.74) is 5.05. The van der Waals surface area contributed by atoms with Gasteiger partial charge in [-0.2, -0.15) is 4.39 Å². The highest BCUT2D eigenvalue weighted by Gasteiger charge is 2.11. The second kappa shape index (κ2) is 4.43. The van der Waals surface area contributed by atoms with Crippen molar-refractivity contribution in [1.29, 1.82) is 0 Å². The summed E-state index contributed by atoms with van der Waals surface area (Å²) in [6.07, 6.45) is 2.38. The van der Waals surface area contributed by atoms with Crippen LogP contribution in [-0.4, -0.2) is 17.3 Å². The van der Waals surface area contributed by atoms with E-state index in [9.17, 15) is 9.18 Å². The van der Waals surface area contributed by atoms with Crippen molar-refractivity contribution in [3.05, 3.63) is 47.9 Å². The number of hydrazine groups is 2. The molecular formula is C10H9FN4O. The van der Waals surface area contributed by atoms with Crippen LogP contribution >= 0.6 is 0 Å². The van der Waals surface area contributed by atoms with Crippen molar-refractivity contribution in [2.75, 3.05) is 0 Å². The molecule has 1 amide bonds. The van der Waals surface area contributed by atoms with Crippen LogP contribution in [0.25, 0.3) is 0 Å². The van der Waals surface area contributed by atoms with Crippen LogP contribution < -0.4 is 10.9 Å². The minimum atomic E-state index is -0.594. The Kier molecular flexibility index (Phi) is 2.81. The van der Waals surface area contributed by atoms with Crippen LogP contribution in [0.2, 0.25) is 0 Å². The van der Waals surface area contributed by atoms with Gasteiger partial charge in [-0.3, -0.25) is 4.79 Å². The molecule has 0 radical (unpaired) electrons. The fourth-order valence-corrected chi connectivity index (χ4v) is 1.14. The van der Waals surface area contributed by atoms with E-state index in [1.54, 1.807) is 30.3 Å². The third kappa shape index (κ3) is 2.35. The zero-order valence-corrected chi connectivity index (χ0v) is 8.22. The van der Waals surface area contributed by atoms with Gasteiger partial charge in [0.05, 0.1) is 6.21 Å². The quantitative estimate of drug-likeness (QED) is 0.729. The Morgan fingerprint density at radius 3 is 2.81 bits per heavy atom. The third-order valence-corrected chi connectivity index (χ3v) is 1.86. The molecule has 1 aliphatic heterocycles. The minimum Gasteiger partial charge on any atom is -0.267 e. The van der Waals surface area contributed by atoms with Crippen LogP contribution in [-0.2, 0) is 0 Å². The summed E-state index contributed by atoms with van der Waals surface area (Å²) in [5.74, 6) is -0.969. The van der Waals surface area contributed by atoms with Crippen molar-refractivity contribution in [2.45, 2.75) is 0 Å². The second-order valence-corrected chi connectivity index (χ2v) is 3.01. The molecule has 0 saturated heterocycles. The van der Waals surface area contributed by atoms with Gasteiger partial charge in [-0.1, -0.05) is 18.2 Å². The molecule has 1 aromatic carbocycles. The first-order valence-corrected chi connectivity index (χ1v) is 4.58. The van der Waals surface area contributed by atoms with Crippen molar-refractivity contribution in [3.8, 4) is 0 Å². The molecule has 6 heteroatoms. The number of amides is 1. The van der Waals surface area contributed by atoms with Gasteiger partial charge in [0, 0.05) is 11.6 Å². The van der Waals surface area contributed by atoms with Crippen molar-refractivity contribution >= 4 is 12.1 Å². The Morgan fingerprint density at radius 2 is 2.12 bits per heavy atom. The van der Waals surface area contributed by atoms with Gasteiger partial charge in [-0.25, -0.2) is 10.9 Å². The number of rotatable bonds is 2. The molecule has 0 aromatic heterocycles. The molecule has 0 fully saturated rings. The zero-order chi connectivity index (χ0) is 11.4. The zero-order valence-electron chi connectivity index (χ0n) is 8.22. The van der Waals surface area contributed by atoms with E-state index in [1.165, 1.54) is 6.21 Å². The fourth-order valence-electron chi connectivity index (χ4n) is 1.14. The summed E-state index contributed by atoms with van der Waals surface area (Å²) in [5, 5.41) is 4.60. The normalized spacial score (nSPS) is 14.1. The molecule has 0 spiro atoms. The van der Waals surface area contributed by atoms with Crippen LogP contribution in [0.4, 0.5) is 4.39 Å². The van der Waals surface area contributed by atoms with Gasteiger partial charge in [-0.05, 0) is 12.1 Å². The predicted molar refractivity (Wildman–Crippen MR) is 56.6 cm³/mol. The first-order chi connectivity index (χ1) is 7.75. The van der Waals surface area contributed by atoms with Crippen molar-refractivity contribution < 1.29 is 9.18 Å². The Bertz CT molecular complexity index is 443. The van der Waals surface area contributed by atoms with E-state index in [4.69, 9.17) is 0 Å². The number of nitrogens with zero attached hydrogens (tertiary/aromatic N) is 2. The molecule has 1 aliphatic rings. The molecule has 16 heavy (non-hydrogen) atoms. The lowest BCUT2D eigenvalue weighted by Gasteiger charge is -2.21.